The summed E-state index contributed by atoms with van der Waals surface area (Å²) in [5, 5.41) is 13.7. The second kappa shape index (κ2) is 13.2. The number of anilines is 2. The number of aromatic nitrogens is 3. The van der Waals surface area contributed by atoms with Gasteiger partial charge in [0.2, 0.25) is 10.0 Å². The average molecular weight is 628 g/mol. The molecular formula is C30H41N7O6S. The molecule has 1 aliphatic heterocycles. The zero-order chi connectivity index (χ0) is 32.2. The summed E-state index contributed by atoms with van der Waals surface area (Å²) in [5.41, 5.74) is 2.62. The predicted octanol–water partition coefficient (Wildman–Crippen LogP) is 3.94. The highest BCUT2D eigenvalue weighted by atomic mass is 32.2. The summed E-state index contributed by atoms with van der Waals surface area (Å²) in [4.78, 5) is 28.1. The zero-order valence-corrected chi connectivity index (χ0v) is 27.0. The highest BCUT2D eigenvalue weighted by Crippen LogP contribution is 2.39. The molecule has 0 saturated carbocycles. The molecule has 14 heteroatoms. The maximum atomic E-state index is 13.5. The van der Waals surface area contributed by atoms with Crippen LogP contribution in [0.1, 0.15) is 55.1 Å². The summed E-state index contributed by atoms with van der Waals surface area (Å²) in [6.07, 6.45) is 3.95. The number of hydrogen-bond acceptors (Lipinski definition) is 9. The van der Waals surface area contributed by atoms with Gasteiger partial charge >= 0.3 is 6.09 Å². The van der Waals surface area contributed by atoms with E-state index in [1.54, 1.807) is 30.3 Å². The minimum Gasteiger partial charge on any atom is -0.492 e. The van der Waals surface area contributed by atoms with E-state index in [0.717, 1.165) is 43.3 Å². The van der Waals surface area contributed by atoms with E-state index in [4.69, 9.17) is 9.47 Å². The lowest BCUT2D eigenvalue weighted by atomic mass is 9.86. The number of likely N-dealkylation sites (tertiary alicyclic amines) is 1. The first-order chi connectivity index (χ1) is 20.6. The normalized spacial score (nSPS) is 14.6. The number of ether oxygens (including phenoxy) is 2. The minimum absolute atomic E-state index is 0.0229. The fraction of sp³-hybridized carbons (Fsp3) is 0.467. The Morgan fingerprint density at radius 1 is 1.09 bits per heavy atom. The van der Waals surface area contributed by atoms with Gasteiger partial charge in [-0.05, 0) is 86.6 Å². The summed E-state index contributed by atoms with van der Waals surface area (Å²) in [6.45, 7) is 10.3. The molecule has 3 aromatic rings. The van der Waals surface area contributed by atoms with Crippen LogP contribution in [0.2, 0.25) is 0 Å². The van der Waals surface area contributed by atoms with Gasteiger partial charge in [0.15, 0.2) is 5.75 Å². The molecule has 3 N–H and O–H groups in total. The molecule has 1 aliphatic rings. The van der Waals surface area contributed by atoms with Gasteiger partial charge in [0.05, 0.1) is 36.6 Å². The van der Waals surface area contributed by atoms with Crippen LogP contribution in [-0.2, 0) is 15.4 Å². The number of nitrogens with one attached hydrogen (secondary N) is 3. The van der Waals surface area contributed by atoms with Crippen LogP contribution in [0.15, 0.2) is 36.5 Å². The molecule has 1 aromatic heterocycles. The Kier molecular flexibility index (Phi) is 9.84. The van der Waals surface area contributed by atoms with Crippen molar-refractivity contribution in [3.63, 3.8) is 0 Å². The van der Waals surface area contributed by atoms with Gasteiger partial charge in [0.1, 0.15) is 0 Å². The number of aryl methyl sites for hydroxylation is 1. The monoisotopic (exact) mass is 627 g/mol. The number of benzene rings is 2. The summed E-state index contributed by atoms with van der Waals surface area (Å²) in [5.74, 6) is 0.154. The molecule has 0 aliphatic carbocycles. The number of sulfonamides is 1. The van der Waals surface area contributed by atoms with Crippen molar-refractivity contribution in [2.75, 3.05) is 50.1 Å². The zero-order valence-electron chi connectivity index (χ0n) is 26.2. The van der Waals surface area contributed by atoms with E-state index in [1.165, 1.54) is 18.0 Å². The number of rotatable bonds is 9. The largest absolute Gasteiger partial charge is 0.492 e. The molecule has 1 saturated heterocycles. The van der Waals surface area contributed by atoms with Crippen molar-refractivity contribution >= 4 is 33.4 Å². The first-order valence-corrected chi connectivity index (χ1v) is 16.2. The Labute approximate surface area is 258 Å². The van der Waals surface area contributed by atoms with E-state index in [0.29, 0.717) is 29.4 Å². The SMILES string of the molecule is COc1c(NC(=O)c2ccc(C)c(-n3cc(OC(=O)NCC4CCN(C)CC4)nn3)c2)cc(C(C)(C)C)cc1NS(C)(=O)=O. The first kappa shape index (κ1) is 32.7. The van der Waals surface area contributed by atoms with Gasteiger partial charge in [-0.1, -0.05) is 37.1 Å². The average Bonchev–Trinajstić information content (AvgIpc) is 3.39. The number of carbonyl (C=O) groups excluding carboxylic acids is 2. The van der Waals surface area contributed by atoms with Crippen LogP contribution < -0.4 is 24.8 Å². The summed E-state index contributed by atoms with van der Waals surface area (Å²) >= 11 is 0. The molecule has 1 fully saturated rings. The lowest BCUT2D eigenvalue weighted by Crippen LogP contribution is -2.37. The number of methoxy groups -OCH3 is 1. The van der Waals surface area contributed by atoms with Gasteiger partial charge in [0.25, 0.3) is 11.8 Å². The molecule has 0 bridgehead atoms. The predicted molar refractivity (Wildman–Crippen MR) is 168 cm³/mol. The van der Waals surface area contributed by atoms with Crippen LogP contribution in [-0.4, -0.2) is 80.4 Å². The Morgan fingerprint density at radius 2 is 1.77 bits per heavy atom. The molecule has 0 spiro atoms. The number of amides is 2. The highest BCUT2D eigenvalue weighted by molar-refractivity contribution is 7.92. The van der Waals surface area contributed by atoms with E-state index < -0.39 is 22.0 Å². The molecular weight excluding hydrogens is 586 g/mol. The molecule has 2 amide bonds. The molecule has 2 aromatic carbocycles. The summed E-state index contributed by atoms with van der Waals surface area (Å²) in [7, 11) is -0.132. The van der Waals surface area contributed by atoms with Crippen molar-refractivity contribution in [2.45, 2.75) is 46.0 Å². The van der Waals surface area contributed by atoms with Crippen molar-refractivity contribution in [3.8, 4) is 17.3 Å². The number of nitrogens with zero attached hydrogens (tertiary/aromatic N) is 4. The van der Waals surface area contributed by atoms with Crippen LogP contribution in [0.3, 0.4) is 0 Å². The van der Waals surface area contributed by atoms with E-state index in [-0.39, 0.29) is 22.7 Å². The van der Waals surface area contributed by atoms with Crippen LogP contribution in [0.4, 0.5) is 16.2 Å². The molecule has 0 atom stereocenters. The van der Waals surface area contributed by atoms with E-state index in [1.807, 2.05) is 27.7 Å². The van der Waals surface area contributed by atoms with Crippen molar-refractivity contribution in [2.24, 2.45) is 5.92 Å². The van der Waals surface area contributed by atoms with Crippen molar-refractivity contribution in [3.05, 3.63) is 53.2 Å². The third-order valence-electron chi connectivity index (χ3n) is 7.46. The number of hydrogen-bond donors (Lipinski definition) is 3. The van der Waals surface area contributed by atoms with Gasteiger partial charge in [-0.25, -0.2) is 17.9 Å². The van der Waals surface area contributed by atoms with E-state index in [2.05, 4.69) is 37.6 Å². The van der Waals surface area contributed by atoms with Crippen molar-refractivity contribution in [1.29, 1.82) is 0 Å². The third kappa shape index (κ3) is 8.47. The minimum atomic E-state index is -3.62. The van der Waals surface area contributed by atoms with Gasteiger partial charge in [0, 0.05) is 12.1 Å². The maximum absolute atomic E-state index is 13.5. The van der Waals surface area contributed by atoms with Gasteiger partial charge in [-0.15, -0.1) is 0 Å². The first-order valence-electron chi connectivity index (χ1n) is 14.3. The number of piperidine rings is 1. The Balaban J connectivity index is 1.51. The van der Waals surface area contributed by atoms with Crippen molar-refractivity contribution < 1.29 is 27.5 Å². The standard InChI is InChI=1S/C30H41N7O6S/c1-19-8-9-21(28(38)32-23-15-22(30(2,3)4)16-24(27(23)42-6)34-44(7,40)41)14-25(19)37-18-26(33-35-37)43-29(39)31-17-20-10-12-36(5)13-11-20/h8-9,14-16,18,20,34H,10-13,17H2,1-7H3,(H,31,39)(H,32,38). The van der Waals surface area contributed by atoms with Crippen LogP contribution in [0.25, 0.3) is 5.69 Å². The molecule has 238 valence electrons. The Morgan fingerprint density at radius 3 is 2.41 bits per heavy atom. The number of carbonyl (C=O) groups is 2. The lowest BCUT2D eigenvalue weighted by molar-refractivity contribution is 0.102. The lowest BCUT2D eigenvalue weighted by Gasteiger charge is -2.28. The fourth-order valence-electron chi connectivity index (χ4n) is 4.88. The second-order valence-corrected chi connectivity index (χ2v) is 14.0. The van der Waals surface area contributed by atoms with Crippen LogP contribution in [0.5, 0.6) is 11.6 Å². The maximum Gasteiger partial charge on any atom is 0.414 e. The van der Waals surface area contributed by atoms with Crippen molar-refractivity contribution in [1.82, 2.24) is 25.2 Å². The molecule has 44 heavy (non-hydrogen) atoms. The second-order valence-electron chi connectivity index (χ2n) is 12.2. The molecule has 0 radical (unpaired) electrons. The van der Waals surface area contributed by atoms with Crippen LogP contribution >= 0.6 is 0 Å². The quantitative estimate of drug-likeness (QED) is 0.320. The summed E-state index contributed by atoms with van der Waals surface area (Å²) in [6, 6.07) is 8.52. The van der Waals surface area contributed by atoms with Gasteiger partial charge < -0.3 is 25.0 Å². The van der Waals surface area contributed by atoms with E-state index in [9.17, 15) is 18.0 Å². The molecule has 13 nitrogen and oxygen atoms in total. The molecule has 0 unspecified atom stereocenters. The fourth-order valence-corrected chi connectivity index (χ4v) is 5.43. The Bertz CT molecular complexity index is 1620. The topological polar surface area (TPSA) is 157 Å². The third-order valence-corrected chi connectivity index (χ3v) is 8.05. The van der Waals surface area contributed by atoms with Gasteiger partial charge in [-0.3, -0.25) is 9.52 Å². The van der Waals surface area contributed by atoms with Gasteiger partial charge in [-0.2, -0.15) is 0 Å². The molecule has 4 rings (SSSR count). The Hall–Kier alpha value is -4.17. The highest BCUT2D eigenvalue weighted by Gasteiger charge is 2.23. The molecule has 2 heterocycles. The van der Waals surface area contributed by atoms with E-state index >= 15 is 0 Å². The smallest absolute Gasteiger partial charge is 0.414 e. The van der Waals surface area contributed by atoms with Crippen LogP contribution in [0, 0.1) is 12.8 Å². The summed E-state index contributed by atoms with van der Waals surface area (Å²) < 4.78 is 38.9.